The Bertz CT molecular complexity index is 9690. The van der Waals surface area contributed by atoms with E-state index in [0.717, 1.165) is 37.0 Å². The Morgan fingerprint density at radius 1 is 0.285 bits per heavy atom. The number of furan rings is 2. The van der Waals surface area contributed by atoms with Gasteiger partial charge in [0.1, 0.15) is 22.3 Å². The van der Waals surface area contributed by atoms with Gasteiger partial charge in [-0.15, -0.1) is 0 Å². The van der Waals surface area contributed by atoms with E-state index in [0.29, 0.717) is 106 Å². The quantitative estimate of drug-likeness (QED) is 0.142. The molecule has 8 heterocycles. The lowest BCUT2D eigenvalue weighted by atomic mass is 9.33. The third-order valence-corrected chi connectivity index (χ3v) is 24.7. The SMILES string of the molecule is [2H]c1c([2H])c([2H])c2c(c1[2H])c1c([2H])c(-n3c4c([2H])c([2H])c([2H])c([2H])c4c4c([2H])c([2H])c([2H])c([2H])c43)c([2H])c([2H])c1n2-c1ccc2c(c1)N(c1c(-c3ccccc3)cc(C(C)(C)C)c3oc4ccccc4c13)c1cc(C(C)(C)C)cc3c1B2c1ccc(-n2c4c([2H])c([2H])c([2H])c([2H])c4c4c([2H])c(-n5c6c([2H])c([2H])c([2H])c([2H])c6c6c([2H])c([2H])c([2H])c([2H])c65)c([2H])c([2H])c42)cc1N3c1c(-c2ccccc2)cc(C(C)(C)C)c2oc3ccccc3c12. The highest BCUT2D eigenvalue weighted by atomic mass is 16.3. The first-order chi connectivity index (χ1) is 72.5. The first-order valence-electron chi connectivity index (χ1n) is 55.7. The van der Waals surface area contributed by atoms with Crippen LogP contribution in [0.1, 0.15) is 120 Å². The van der Waals surface area contributed by atoms with Crippen LogP contribution in [0.3, 0.4) is 0 Å². The fourth-order valence-corrected chi connectivity index (χ4v) is 19.2. The lowest BCUT2D eigenvalue weighted by molar-refractivity contribution is 0.572. The van der Waals surface area contributed by atoms with Gasteiger partial charge in [0.15, 0.2) is 0 Å². The molecule has 17 aromatic carbocycles. The van der Waals surface area contributed by atoms with Gasteiger partial charge in [-0.3, -0.25) is 0 Å². The second-order valence-electron chi connectivity index (χ2n) is 34.8. The topological polar surface area (TPSA) is 52.5 Å². The molecule has 2 aliphatic heterocycles. The number of rotatable bonds is 8. The van der Waals surface area contributed by atoms with Gasteiger partial charge in [0, 0.05) is 122 Å². The Balaban J connectivity index is 0.870. The van der Waals surface area contributed by atoms with Crippen molar-refractivity contribution in [2.45, 2.75) is 78.6 Å². The van der Waals surface area contributed by atoms with E-state index in [1.807, 2.05) is 133 Å². The molecule has 25 rings (SSSR count). The van der Waals surface area contributed by atoms with E-state index >= 15 is 0 Å². The predicted molar refractivity (Wildman–Crippen MR) is 519 cm³/mol. The molecule has 0 N–H and O–H groups in total. The van der Waals surface area contributed by atoms with Crippen molar-refractivity contribution in [2.24, 2.45) is 0 Å². The summed E-state index contributed by atoms with van der Waals surface area (Å²) in [6.45, 7) is 17.9. The van der Waals surface area contributed by atoms with Crippen LogP contribution < -0.4 is 26.2 Å². The molecule has 586 valence electrons. The molecule has 0 unspecified atom stereocenters. The fraction of sp³-hybridized carbons (Fsp3) is 0.105. The molecule has 8 nitrogen and oxygen atoms in total. The van der Waals surface area contributed by atoms with Crippen LogP contribution in [-0.4, -0.2) is 25.0 Å². The molecule has 6 aromatic heterocycles. The van der Waals surface area contributed by atoms with Crippen molar-refractivity contribution in [3.8, 4) is 45.0 Å². The molecule has 0 atom stereocenters. The smallest absolute Gasteiger partial charge is 0.252 e. The lowest BCUT2D eigenvalue weighted by Crippen LogP contribution is -2.61. The van der Waals surface area contributed by atoms with Crippen LogP contribution in [-0.2, 0) is 16.2 Å². The van der Waals surface area contributed by atoms with E-state index in [1.54, 1.807) is 12.1 Å². The maximum absolute atomic E-state index is 10.9. The molecule has 0 saturated carbocycles. The number of hydrogen-bond donors (Lipinski definition) is 0. The Morgan fingerprint density at radius 2 is 0.610 bits per heavy atom. The van der Waals surface area contributed by atoms with Crippen LogP contribution in [0.2, 0.25) is 0 Å². The summed E-state index contributed by atoms with van der Waals surface area (Å²) in [5, 5.41) is -0.314. The minimum atomic E-state index is -1.04. The zero-order chi connectivity index (χ0) is 108. The van der Waals surface area contributed by atoms with Gasteiger partial charge >= 0.3 is 0 Å². The van der Waals surface area contributed by atoms with Gasteiger partial charge < -0.3 is 36.9 Å². The molecule has 9 heteroatoms. The molecule has 0 spiro atoms. The van der Waals surface area contributed by atoms with Crippen LogP contribution in [0.4, 0.5) is 34.1 Å². The van der Waals surface area contributed by atoms with Gasteiger partial charge in [-0.2, -0.15) is 0 Å². The highest BCUT2D eigenvalue weighted by Crippen LogP contribution is 2.58. The molecular formula is C114H85BN6O2. The molecule has 23 aromatic rings. The lowest BCUT2D eigenvalue weighted by Gasteiger charge is -2.46. The summed E-state index contributed by atoms with van der Waals surface area (Å²) in [5.41, 5.74) is 5.55. The Kier molecular flexibility index (Phi) is 9.94. The Labute approximate surface area is 754 Å². The van der Waals surface area contributed by atoms with Gasteiger partial charge in [0.25, 0.3) is 6.71 Å². The molecule has 0 aliphatic carbocycles. The van der Waals surface area contributed by atoms with Crippen molar-refractivity contribution >= 4 is 188 Å². The van der Waals surface area contributed by atoms with Gasteiger partial charge in [0.05, 0.1) is 107 Å². The average molecular weight is 1610 g/mol. The number of aromatic nitrogens is 4. The Hall–Kier alpha value is -14.8. The normalized spacial score (nSPS) is 16.6. The van der Waals surface area contributed by atoms with Gasteiger partial charge in [-0.05, 0) is 182 Å². The van der Waals surface area contributed by atoms with E-state index in [1.165, 1.54) is 9.13 Å². The molecule has 0 bridgehead atoms. The first-order valence-corrected chi connectivity index (χ1v) is 40.7. The van der Waals surface area contributed by atoms with Crippen molar-refractivity contribution < 1.29 is 50.0 Å². The summed E-state index contributed by atoms with van der Waals surface area (Å²) >= 11 is 0. The maximum atomic E-state index is 10.9. The van der Waals surface area contributed by atoms with Crippen molar-refractivity contribution in [1.29, 1.82) is 0 Å². The summed E-state index contributed by atoms with van der Waals surface area (Å²) in [6, 6.07) is 32.0. The number of nitrogens with zero attached hydrogens (tertiary/aromatic N) is 6. The van der Waals surface area contributed by atoms with E-state index in [2.05, 4.69) is 96.4 Å². The average Bonchev–Trinajstić information content (AvgIpc) is 1.47. The molecule has 0 radical (unpaired) electrons. The van der Waals surface area contributed by atoms with Crippen LogP contribution in [0, 0.1) is 0 Å². The third-order valence-electron chi connectivity index (χ3n) is 24.7. The predicted octanol–water partition coefficient (Wildman–Crippen LogP) is 29.2. The van der Waals surface area contributed by atoms with E-state index in [9.17, 15) is 30.2 Å². The summed E-state index contributed by atoms with van der Waals surface area (Å²) in [6.07, 6.45) is 0. The van der Waals surface area contributed by atoms with Crippen molar-refractivity contribution in [1.82, 2.24) is 18.3 Å². The summed E-state index contributed by atoms with van der Waals surface area (Å²) in [7, 11) is 0. The molecular weight excluding hydrogens is 1500 g/mol. The molecule has 0 saturated heterocycles. The Morgan fingerprint density at radius 3 is 0.967 bits per heavy atom. The van der Waals surface area contributed by atoms with Crippen LogP contribution in [0.15, 0.2) is 360 Å². The van der Waals surface area contributed by atoms with Gasteiger partial charge in [-0.25, -0.2) is 0 Å². The molecule has 0 amide bonds. The minimum absolute atomic E-state index is 0.0777. The number of benzene rings is 17. The minimum Gasteiger partial charge on any atom is -0.456 e. The monoisotopic (exact) mass is 1610 g/mol. The molecule has 2 aliphatic rings. The zero-order valence-corrected chi connectivity index (χ0v) is 67.7. The molecule has 0 fully saturated rings. The van der Waals surface area contributed by atoms with E-state index in [4.69, 9.17) is 19.8 Å². The second kappa shape index (κ2) is 25.9. The highest BCUT2D eigenvalue weighted by Gasteiger charge is 2.47. The third kappa shape index (κ3) is 10.3. The summed E-state index contributed by atoms with van der Waals surface area (Å²) < 4.78 is 312. The van der Waals surface area contributed by atoms with Crippen molar-refractivity contribution in [3.05, 3.63) is 368 Å². The summed E-state index contributed by atoms with van der Waals surface area (Å²) in [4.78, 5) is 4.39. The maximum Gasteiger partial charge on any atom is 0.252 e. The van der Waals surface area contributed by atoms with E-state index in [-0.39, 0.29) is 55.0 Å². The fourth-order valence-electron chi connectivity index (χ4n) is 19.2. The van der Waals surface area contributed by atoms with E-state index < -0.39 is 259 Å². The first kappa shape index (κ1) is 47.3. The van der Waals surface area contributed by atoms with Crippen molar-refractivity contribution in [2.75, 3.05) is 9.80 Å². The number of para-hydroxylation sites is 8. The summed E-state index contributed by atoms with van der Waals surface area (Å²) in [5.74, 6) is 0. The van der Waals surface area contributed by atoms with Gasteiger partial charge in [0.2, 0.25) is 0 Å². The molecule has 123 heavy (non-hydrogen) atoms. The van der Waals surface area contributed by atoms with Crippen LogP contribution in [0.25, 0.3) is 176 Å². The number of anilines is 6. The van der Waals surface area contributed by atoms with Crippen molar-refractivity contribution in [3.63, 3.8) is 0 Å². The second-order valence-corrected chi connectivity index (χ2v) is 34.8. The number of fused-ring (bicyclic) bond motifs is 22. The number of hydrogen-bond acceptors (Lipinski definition) is 4. The standard InChI is InChI=1S/C114H85BN6O2/c1-112(2,3)70-60-101-107-102(61-70)121(109-84(69-34-14-11-15-35-69)67-88(114(7,8)9)111-106(109)82-43-23-31-51-104(82)123-111)100-65-74(119-96-49-29-21-41-80(96)86-63-72(55-59-98(86)119)117-93-46-26-18-38-77(93)78-39-19-27-47-94(78)117)53-57-90(100)115(107)89-56-52-73(64-99(89)120(101)108-83(68-32-12-10-13-33-68)66-87(113(4,5)6)110-105(108)81-42-22-30-50-103(81)122-110)118-95-48-28-20-40-79(95)85-62-71(54-58-97(85)118)116-91-44-24-16-36-75(91)76-37-17-25-45-92(76)116/h10-67H,1-9H3/i16D,17D,18D,19D,20D,21D,24D,25D,26D,27D,28D,29D,36D,37D,38D,39D,40D,41D,44D,45D,46D,47D,48D,49D,54D,55D,58D,59D,62D,63D. The van der Waals surface area contributed by atoms with Crippen LogP contribution in [0.5, 0.6) is 0 Å². The highest BCUT2D eigenvalue weighted by molar-refractivity contribution is 7.00. The largest absolute Gasteiger partial charge is 0.456 e. The van der Waals surface area contributed by atoms with Gasteiger partial charge in [-0.1, -0.05) is 280 Å². The van der Waals surface area contributed by atoms with Crippen LogP contribution >= 0.6 is 0 Å². The zero-order valence-electron chi connectivity index (χ0n) is 97.7.